The Morgan fingerprint density at radius 3 is 2.22 bits per heavy atom. The third-order valence-corrected chi connectivity index (χ3v) is 11.4. The first-order chi connectivity index (χ1) is 21.7. The summed E-state index contributed by atoms with van der Waals surface area (Å²) < 4.78 is 1.08. The Bertz CT molecular complexity index is 2200. The highest BCUT2D eigenvalue weighted by molar-refractivity contribution is 7.25. The summed E-state index contributed by atoms with van der Waals surface area (Å²) >= 11 is 1.62. The molecule has 8 heteroatoms. The van der Waals surface area contributed by atoms with Crippen molar-refractivity contribution in [2.45, 2.75) is 43.4 Å². The summed E-state index contributed by atoms with van der Waals surface area (Å²) in [5.41, 5.74) is 7.38. The first kappa shape index (κ1) is 28.7. The van der Waals surface area contributed by atoms with Crippen molar-refractivity contribution in [3.05, 3.63) is 113 Å². The molecule has 0 aliphatic heterocycles. The van der Waals surface area contributed by atoms with Gasteiger partial charge in [-0.05, 0) is 59.6 Å². The zero-order valence-electron chi connectivity index (χ0n) is 25.2. The molecular weight excluding hydrogens is 559 g/mol. The van der Waals surface area contributed by atoms with Crippen LogP contribution in [0.4, 0.5) is 0 Å². The van der Waals surface area contributed by atoms with Crippen LogP contribution in [0.1, 0.15) is 49.6 Å². The first-order valence-corrected chi connectivity index (χ1v) is 16.1. The summed E-state index contributed by atoms with van der Waals surface area (Å²) in [5, 5.41) is 1.87. The van der Waals surface area contributed by atoms with Crippen molar-refractivity contribution in [1.29, 1.82) is 0 Å². The van der Waals surface area contributed by atoms with Crippen molar-refractivity contribution in [1.82, 2.24) is 9.97 Å². The van der Waals surface area contributed by atoms with E-state index in [1.54, 1.807) is 11.3 Å². The summed E-state index contributed by atoms with van der Waals surface area (Å²) in [4.78, 5) is 11.8. The Labute approximate surface area is 274 Å². The fraction of sp³-hybridized carbons (Fsp3) is 0.189. The second-order valence-corrected chi connectivity index (χ2v) is 13.6. The number of nitrogens with zero attached hydrogens (tertiary/aromatic N) is 2. The molecule has 0 spiro atoms. The highest BCUT2D eigenvalue weighted by atomic mass is 32.1. The quantitative estimate of drug-likeness (QED) is 0.235. The molecule has 3 aliphatic carbocycles. The van der Waals surface area contributed by atoms with E-state index in [0.29, 0.717) is 17.1 Å². The SMILES string of the molecule is [B]c1c([B])c([B])c(-c2nc(C34C(=C)/C=C\C=C/CC(C)(C5=C3CCC5)c3ccccc34)nc3sc4ccccc4c23)c([B])c1[B]. The van der Waals surface area contributed by atoms with Gasteiger partial charge in [-0.25, -0.2) is 9.97 Å². The van der Waals surface area contributed by atoms with Crippen molar-refractivity contribution in [3.63, 3.8) is 0 Å². The van der Waals surface area contributed by atoms with Crippen molar-refractivity contribution in [2.75, 3.05) is 0 Å². The zero-order valence-corrected chi connectivity index (χ0v) is 26.0. The average molecular weight is 584 g/mol. The number of hydrogen-bond donors (Lipinski definition) is 0. The molecule has 3 aliphatic rings. The van der Waals surface area contributed by atoms with Gasteiger partial charge in [-0.15, -0.1) is 27.7 Å². The molecule has 0 saturated carbocycles. The predicted molar refractivity (Wildman–Crippen MR) is 195 cm³/mol. The molecule has 204 valence electrons. The smallest absolute Gasteiger partial charge is 0.149 e. The van der Waals surface area contributed by atoms with Crippen LogP contribution in [0.3, 0.4) is 0 Å². The van der Waals surface area contributed by atoms with Crippen LogP contribution in [0.5, 0.6) is 0 Å². The number of fused-ring (bicyclic) bond motifs is 6. The Morgan fingerprint density at radius 2 is 1.44 bits per heavy atom. The normalized spacial score (nSPS) is 23.8. The molecular formula is C37H25B5N2S. The maximum atomic E-state index is 6.74. The summed E-state index contributed by atoms with van der Waals surface area (Å²) in [6.45, 7) is 7.14. The summed E-state index contributed by atoms with van der Waals surface area (Å²) in [6.07, 6.45) is 12.5. The fourth-order valence-electron chi connectivity index (χ4n) is 8.14. The summed E-state index contributed by atoms with van der Waals surface area (Å²) in [6, 6.07) is 17.0. The number of hydrogen-bond acceptors (Lipinski definition) is 3. The van der Waals surface area contributed by atoms with Gasteiger partial charge >= 0.3 is 0 Å². The first-order valence-electron chi connectivity index (χ1n) is 15.3. The van der Waals surface area contributed by atoms with E-state index in [0.717, 1.165) is 51.6 Å². The van der Waals surface area contributed by atoms with Gasteiger partial charge in [0.1, 0.15) is 55.3 Å². The Balaban J connectivity index is 1.58. The highest BCUT2D eigenvalue weighted by Gasteiger charge is 2.54. The molecule has 45 heavy (non-hydrogen) atoms. The van der Waals surface area contributed by atoms with E-state index in [-0.39, 0.29) is 32.7 Å². The van der Waals surface area contributed by atoms with Crippen LogP contribution < -0.4 is 27.3 Å². The molecule has 0 N–H and O–H groups in total. The minimum atomic E-state index is -0.794. The molecule has 10 radical (unpaired) electrons. The van der Waals surface area contributed by atoms with E-state index in [4.69, 9.17) is 55.8 Å². The standard InChI is InChI=1S/C37H25B5N2S/c1-19-11-4-3-9-18-36(2)21-13-6-7-14-23(21)37(19,24-16-10-15-22(24)36)35-43-33(27-28(38)30(40)32(42)31(41)29(27)39)26-20-12-5-8-17-25(20)45-34(26)44-35/h3-9,11-14,17H,1,10,15-16,18H2,2H3/b9-3-,11-4-. The monoisotopic (exact) mass is 584 g/mol. The Hall–Kier alpha value is -3.76. The fourth-order valence-corrected chi connectivity index (χ4v) is 9.21. The minimum absolute atomic E-state index is 0.146. The van der Waals surface area contributed by atoms with Gasteiger partial charge in [0.15, 0.2) is 0 Å². The number of rotatable bonds is 2. The van der Waals surface area contributed by atoms with Crippen LogP contribution in [0.15, 0.2) is 96.1 Å². The van der Waals surface area contributed by atoms with Gasteiger partial charge < -0.3 is 0 Å². The van der Waals surface area contributed by atoms with Crippen molar-refractivity contribution in [3.8, 4) is 11.3 Å². The van der Waals surface area contributed by atoms with Crippen LogP contribution in [0, 0.1) is 0 Å². The second-order valence-electron chi connectivity index (χ2n) is 12.6. The van der Waals surface area contributed by atoms with E-state index in [1.807, 2.05) is 12.1 Å². The van der Waals surface area contributed by atoms with Gasteiger partial charge in [0, 0.05) is 20.9 Å². The van der Waals surface area contributed by atoms with Crippen LogP contribution >= 0.6 is 11.3 Å². The number of benzene rings is 3. The average Bonchev–Trinajstić information content (AvgIpc) is 3.69. The molecule has 2 nitrogen and oxygen atoms in total. The number of aromatic nitrogens is 2. The molecule has 2 aromatic heterocycles. The van der Waals surface area contributed by atoms with E-state index < -0.39 is 5.41 Å². The molecule has 2 bridgehead atoms. The van der Waals surface area contributed by atoms with Crippen LogP contribution in [0.2, 0.25) is 0 Å². The van der Waals surface area contributed by atoms with E-state index in [2.05, 4.69) is 67.6 Å². The Kier molecular flexibility index (Phi) is 6.46. The van der Waals surface area contributed by atoms with E-state index >= 15 is 0 Å². The van der Waals surface area contributed by atoms with Gasteiger partial charge in [0.05, 0.1) is 5.69 Å². The predicted octanol–water partition coefficient (Wildman–Crippen LogP) is 3.59. The molecule has 2 unspecified atom stereocenters. The van der Waals surface area contributed by atoms with Crippen molar-refractivity contribution < 1.29 is 0 Å². The van der Waals surface area contributed by atoms with Crippen LogP contribution in [0.25, 0.3) is 31.6 Å². The molecule has 2 atom stereocenters. The van der Waals surface area contributed by atoms with Crippen LogP contribution in [-0.4, -0.2) is 49.2 Å². The zero-order chi connectivity index (χ0) is 31.2. The second kappa shape index (κ2) is 10.1. The molecule has 0 saturated heterocycles. The third kappa shape index (κ3) is 3.75. The maximum Gasteiger partial charge on any atom is 0.149 e. The van der Waals surface area contributed by atoms with Gasteiger partial charge in [0.2, 0.25) is 0 Å². The summed E-state index contributed by atoms with van der Waals surface area (Å²) in [5.74, 6) is 0.646. The maximum absolute atomic E-state index is 6.74. The number of thiophene rings is 1. The lowest BCUT2D eigenvalue weighted by atomic mass is 9.55. The minimum Gasteiger partial charge on any atom is -0.230 e. The van der Waals surface area contributed by atoms with Gasteiger partial charge in [-0.1, -0.05) is 96.8 Å². The van der Waals surface area contributed by atoms with E-state index in [9.17, 15) is 0 Å². The lowest BCUT2D eigenvalue weighted by molar-refractivity contribution is 0.494. The van der Waals surface area contributed by atoms with Crippen molar-refractivity contribution >= 4 is 98.2 Å². The third-order valence-electron chi connectivity index (χ3n) is 10.3. The largest absolute Gasteiger partial charge is 0.230 e. The van der Waals surface area contributed by atoms with Gasteiger partial charge in [-0.3, -0.25) is 0 Å². The molecule has 0 fully saturated rings. The van der Waals surface area contributed by atoms with Gasteiger partial charge in [0.25, 0.3) is 0 Å². The lowest BCUT2D eigenvalue weighted by Crippen LogP contribution is -2.55. The summed E-state index contributed by atoms with van der Waals surface area (Å²) in [7, 11) is 32.6. The van der Waals surface area contributed by atoms with E-state index in [1.165, 1.54) is 22.3 Å². The lowest BCUT2D eigenvalue weighted by Gasteiger charge is -2.48. The molecule has 3 aromatic carbocycles. The van der Waals surface area contributed by atoms with Crippen LogP contribution in [-0.2, 0) is 10.8 Å². The molecule has 8 rings (SSSR count). The topological polar surface area (TPSA) is 25.8 Å². The van der Waals surface area contributed by atoms with Gasteiger partial charge in [-0.2, -0.15) is 0 Å². The van der Waals surface area contributed by atoms with Crippen molar-refractivity contribution in [2.24, 2.45) is 0 Å². The Morgan fingerprint density at radius 1 is 0.778 bits per heavy atom. The number of allylic oxidation sites excluding steroid dienone is 7. The molecule has 5 aromatic rings. The molecule has 2 heterocycles. The molecule has 0 amide bonds. The highest BCUT2D eigenvalue weighted by Crippen LogP contribution is 2.61.